The quantitative estimate of drug-likeness (QED) is 0.0587. The summed E-state index contributed by atoms with van der Waals surface area (Å²) in [4.78, 5) is 76.0. The van der Waals surface area contributed by atoms with E-state index < -0.39 is 72.5 Å². The smallest absolute Gasteiger partial charge is 0.326 e. The fraction of sp³-hybridized carbons (Fsp3) is 0.632. The third-order valence-corrected chi connectivity index (χ3v) is 5.01. The molecule has 0 radical (unpaired) electrons. The van der Waals surface area contributed by atoms with E-state index in [0.29, 0.717) is 13.0 Å². The zero-order valence-corrected chi connectivity index (χ0v) is 19.1. The lowest BCUT2D eigenvalue weighted by molar-refractivity contribution is -0.142. The van der Waals surface area contributed by atoms with Crippen LogP contribution in [0.2, 0.25) is 0 Å². The molecule has 13 N–H and O–H groups in total. The molecule has 0 bridgehead atoms. The largest absolute Gasteiger partial charge is 0.480 e. The van der Waals surface area contributed by atoms with E-state index in [2.05, 4.69) is 26.3 Å². The second kappa shape index (κ2) is 14.3. The summed E-state index contributed by atoms with van der Waals surface area (Å²) in [7, 11) is 0. The van der Waals surface area contributed by atoms with Gasteiger partial charge in [-0.05, 0) is 32.2 Å². The van der Waals surface area contributed by atoms with Gasteiger partial charge in [-0.15, -0.1) is 0 Å². The molecule has 0 aromatic rings. The van der Waals surface area contributed by atoms with Gasteiger partial charge in [0.05, 0.1) is 18.9 Å². The molecule has 0 aromatic carbocycles. The maximum atomic E-state index is 12.8. The number of nitrogens with one attached hydrogen (secondary N) is 4. The Kier molecular flexibility index (Phi) is 11.9. The van der Waals surface area contributed by atoms with E-state index in [0.717, 1.165) is 6.42 Å². The summed E-state index contributed by atoms with van der Waals surface area (Å²) in [6, 6.07) is -4.94. The van der Waals surface area contributed by atoms with Crippen LogP contribution < -0.4 is 44.2 Å². The number of nitrogens with zero attached hydrogens (tertiary/aromatic N) is 1. The van der Waals surface area contributed by atoms with Gasteiger partial charge in [0.1, 0.15) is 18.1 Å². The molecule has 5 amide bonds. The van der Waals surface area contributed by atoms with Crippen LogP contribution >= 0.6 is 0 Å². The predicted molar refractivity (Wildman–Crippen MR) is 122 cm³/mol. The molecule has 1 aliphatic heterocycles. The summed E-state index contributed by atoms with van der Waals surface area (Å²) < 4.78 is 0. The molecule has 1 saturated heterocycles. The number of amides is 5. The molecule has 0 spiro atoms. The zero-order valence-electron chi connectivity index (χ0n) is 19.1. The first-order valence-corrected chi connectivity index (χ1v) is 10.9. The van der Waals surface area contributed by atoms with Crippen LogP contribution in [-0.2, 0) is 28.8 Å². The van der Waals surface area contributed by atoms with E-state index >= 15 is 0 Å². The fourth-order valence-electron chi connectivity index (χ4n) is 3.31. The Morgan fingerprint density at radius 2 is 1.43 bits per heavy atom. The van der Waals surface area contributed by atoms with Crippen molar-refractivity contribution in [2.75, 3.05) is 13.1 Å². The Bertz CT molecular complexity index is 839. The zero-order chi connectivity index (χ0) is 26.5. The van der Waals surface area contributed by atoms with Crippen LogP contribution in [-0.4, -0.2) is 83.8 Å². The third kappa shape index (κ3) is 11.1. The molecule has 35 heavy (non-hydrogen) atoms. The maximum Gasteiger partial charge on any atom is 0.326 e. The van der Waals surface area contributed by atoms with Gasteiger partial charge >= 0.3 is 5.97 Å². The standard InChI is InChI=1S/C19H33N9O7/c20-13(29)7-11(16(32)26-10(18(34)35)4-2-6-25-19(22)23)28-17(33)12(8-14(21)30)27-15(31)9-3-1-5-24-9/h9-12,24H,1-8H2,(H2,20,29)(H2,21,30)(H,26,32)(H,27,31)(H,28,33)(H,34,35)(H4,22,23,25). The van der Waals surface area contributed by atoms with Gasteiger partial charge in [-0.25, -0.2) is 4.79 Å². The average Bonchev–Trinajstić information content (AvgIpc) is 3.28. The van der Waals surface area contributed by atoms with Crippen LogP contribution in [0.25, 0.3) is 0 Å². The Balaban J connectivity index is 2.89. The molecule has 1 fully saturated rings. The lowest BCUT2D eigenvalue weighted by Crippen LogP contribution is -2.58. The minimum atomic E-state index is -1.57. The first kappa shape index (κ1) is 29.1. The van der Waals surface area contributed by atoms with Crippen LogP contribution in [0.5, 0.6) is 0 Å². The molecule has 16 heteroatoms. The highest BCUT2D eigenvalue weighted by molar-refractivity contribution is 5.97. The van der Waals surface area contributed by atoms with Crippen molar-refractivity contribution in [3.8, 4) is 0 Å². The predicted octanol–water partition coefficient (Wildman–Crippen LogP) is -4.92. The Morgan fingerprint density at radius 1 is 0.886 bits per heavy atom. The number of carboxylic acid groups (broad SMARTS) is 1. The Morgan fingerprint density at radius 3 is 1.89 bits per heavy atom. The van der Waals surface area contributed by atoms with Gasteiger partial charge in [-0.3, -0.25) is 29.0 Å². The molecule has 4 atom stereocenters. The lowest BCUT2D eigenvalue weighted by Gasteiger charge is -2.24. The number of guanidine groups is 1. The highest BCUT2D eigenvalue weighted by Gasteiger charge is 2.32. The number of nitrogens with two attached hydrogens (primary N) is 4. The van der Waals surface area contributed by atoms with Crippen LogP contribution in [0.1, 0.15) is 38.5 Å². The Labute approximate surface area is 201 Å². The normalized spacial score (nSPS) is 17.3. The fourth-order valence-corrected chi connectivity index (χ4v) is 3.31. The molecule has 1 heterocycles. The number of hydrogen-bond acceptors (Lipinski definition) is 8. The highest BCUT2D eigenvalue weighted by atomic mass is 16.4. The summed E-state index contributed by atoms with van der Waals surface area (Å²) in [5.74, 6) is -5.92. The van der Waals surface area contributed by atoms with Crippen molar-refractivity contribution in [1.82, 2.24) is 21.3 Å². The summed E-state index contributed by atoms with van der Waals surface area (Å²) in [5, 5.41) is 19.2. The summed E-state index contributed by atoms with van der Waals surface area (Å²) in [6.07, 6.45) is 0.205. The van der Waals surface area contributed by atoms with Gasteiger partial charge in [0, 0.05) is 6.54 Å². The van der Waals surface area contributed by atoms with Crippen molar-refractivity contribution in [2.45, 2.75) is 62.7 Å². The van der Waals surface area contributed by atoms with Gasteiger partial charge in [-0.1, -0.05) is 0 Å². The molecule has 196 valence electrons. The van der Waals surface area contributed by atoms with Crippen molar-refractivity contribution in [2.24, 2.45) is 27.9 Å². The first-order valence-electron chi connectivity index (χ1n) is 10.9. The van der Waals surface area contributed by atoms with Crippen LogP contribution in [0.3, 0.4) is 0 Å². The third-order valence-electron chi connectivity index (χ3n) is 5.01. The van der Waals surface area contributed by atoms with Crippen LogP contribution in [0.4, 0.5) is 0 Å². The van der Waals surface area contributed by atoms with Crippen molar-refractivity contribution in [3.05, 3.63) is 0 Å². The molecule has 0 saturated carbocycles. The number of aliphatic carboxylic acids is 1. The second-order valence-electron chi connectivity index (χ2n) is 7.96. The summed E-state index contributed by atoms with van der Waals surface area (Å²) >= 11 is 0. The van der Waals surface area contributed by atoms with Crippen LogP contribution in [0.15, 0.2) is 4.99 Å². The molecule has 1 rings (SSSR count). The summed E-state index contributed by atoms with van der Waals surface area (Å²) in [5.41, 5.74) is 20.7. The van der Waals surface area contributed by atoms with Gasteiger partial charge in [-0.2, -0.15) is 0 Å². The topological polar surface area (TPSA) is 287 Å². The van der Waals surface area contributed by atoms with Crippen molar-refractivity contribution < 1.29 is 33.9 Å². The van der Waals surface area contributed by atoms with E-state index in [1.54, 1.807) is 0 Å². The van der Waals surface area contributed by atoms with Gasteiger partial charge in [0.2, 0.25) is 29.5 Å². The molecule has 0 aromatic heterocycles. The first-order chi connectivity index (χ1) is 16.4. The Hall–Kier alpha value is -3.95. The van der Waals surface area contributed by atoms with Crippen molar-refractivity contribution in [1.29, 1.82) is 0 Å². The number of carbonyl (C=O) groups excluding carboxylic acids is 5. The number of primary amides is 2. The molecular weight excluding hydrogens is 466 g/mol. The highest BCUT2D eigenvalue weighted by Crippen LogP contribution is 2.07. The molecular formula is C19H33N9O7. The van der Waals surface area contributed by atoms with Gasteiger partial charge < -0.3 is 49.3 Å². The second-order valence-corrected chi connectivity index (χ2v) is 7.96. The molecule has 1 aliphatic rings. The van der Waals surface area contributed by atoms with Crippen LogP contribution in [0, 0.1) is 0 Å². The monoisotopic (exact) mass is 499 g/mol. The van der Waals surface area contributed by atoms with Gasteiger partial charge in [0.25, 0.3) is 0 Å². The average molecular weight is 500 g/mol. The van der Waals surface area contributed by atoms with Crippen molar-refractivity contribution in [3.63, 3.8) is 0 Å². The summed E-state index contributed by atoms with van der Waals surface area (Å²) in [6.45, 7) is 0.732. The number of aliphatic imine (C=N–C) groups is 1. The SMILES string of the molecule is NC(=O)CC(NC(=O)C(CC(N)=O)NC(=O)C1CCCN1)C(=O)NC(CCCN=C(N)N)C(=O)O. The minimum absolute atomic E-state index is 0.0517. The minimum Gasteiger partial charge on any atom is -0.480 e. The number of hydrogen-bond donors (Lipinski definition) is 9. The number of carbonyl (C=O) groups is 6. The molecule has 0 aliphatic carbocycles. The molecule has 16 nitrogen and oxygen atoms in total. The maximum absolute atomic E-state index is 12.8. The van der Waals surface area contributed by atoms with Crippen molar-refractivity contribution >= 4 is 41.5 Å². The van der Waals surface area contributed by atoms with E-state index in [-0.39, 0.29) is 25.3 Å². The van der Waals surface area contributed by atoms with Gasteiger partial charge in [0.15, 0.2) is 5.96 Å². The van der Waals surface area contributed by atoms with E-state index in [1.807, 2.05) is 0 Å². The van der Waals surface area contributed by atoms with E-state index in [1.165, 1.54) is 0 Å². The molecule has 4 unspecified atom stereocenters. The van der Waals surface area contributed by atoms with E-state index in [4.69, 9.17) is 22.9 Å². The van der Waals surface area contributed by atoms with E-state index in [9.17, 15) is 33.9 Å². The number of carboxylic acids is 1. The number of rotatable bonds is 15. The lowest BCUT2D eigenvalue weighted by atomic mass is 10.1.